The molecule has 2 saturated heterocycles. The minimum Gasteiger partial charge on any atom is -0.497 e. The Morgan fingerprint density at radius 2 is 1.83 bits per heavy atom. The van der Waals surface area contributed by atoms with Gasteiger partial charge in [-0.05, 0) is 68.0 Å². The van der Waals surface area contributed by atoms with Gasteiger partial charge in [0.2, 0.25) is 0 Å². The summed E-state index contributed by atoms with van der Waals surface area (Å²) in [5, 5.41) is 0. The van der Waals surface area contributed by atoms with Gasteiger partial charge in [-0.15, -0.1) is 0 Å². The molecule has 2 aliphatic heterocycles. The number of rotatable bonds is 6. The summed E-state index contributed by atoms with van der Waals surface area (Å²) >= 11 is 6.79. The van der Waals surface area contributed by atoms with Gasteiger partial charge in [-0.2, -0.15) is 0 Å². The van der Waals surface area contributed by atoms with E-state index in [0.29, 0.717) is 39.2 Å². The molecule has 4 heterocycles. The Labute approximate surface area is 219 Å². The van der Waals surface area contributed by atoms with Gasteiger partial charge in [0.1, 0.15) is 21.5 Å². The standard InChI is InChI=1S/C27H28N4O3S2/c1-18-6-11-23-28-24(29-13-4-3-5-14-29)21(25(32)31(23)17-18)16-22-26(33)30(27(35)36-22)15-12-19-7-9-20(34-2)10-8-19/h6-11,16-17H,3-5,12-15H2,1-2H3. The maximum absolute atomic E-state index is 13.6. The lowest BCUT2D eigenvalue weighted by molar-refractivity contribution is -0.122. The summed E-state index contributed by atoms with van der Waals surface area (Å²) in [5.41, 5.74) is 2.93. The van der Waals surface area contributed by atoms with Crippen molar-refractivity contribution in [1.82, 2.24) is 14.3 Å². The lowest BCUT2D eigenvalue weighted by Gasteiger charge is -2.29. The highest BCUT2D eigenvalue weighted by atomic mass is 32.2. The quantitative estimate of drug-likeness (QED) is 0.352. The smallest absolute Gasteiger partial charge is 0.267 e. The number of hydrogen-bond acceptors (Lipinski definition) is 7. The molecule has 0 N–H and O–H groups in total. The normalized spacial score (nSPS) is 17.4. The minimum absolute atomic E-state index is 0.170. The number of nitrogens with zero attached hydrogens (tertiary/aromatic N) is 4. The second kappa shape index (κ2) is 10.4. The summed E-state index contributed by atoms with van der Waals surface area (Å²) < 4.78 is 7.29. The van der Waals surface area contributed by atoms with Crippen LogP contribution in [0.5, 0.6) is 5.75 Å². The molecule has 1 aromatic carbocycles. The molecule has 0 saturated carbocycles. The van der Waals surface area contributed by atoms with Crippen LogP contribution in [0.1, 0.15) is 36.0 Å². The summed E-state index contributed by atoms with van der Waals surface area (Å²) in [6.07, 6.45) is 7.44. The number of carbonyl (C=O) groups is 1. The average Bonchev–Trinajstić information content (AvgIpc) is 3.17. The Bertz CT molecular complexity index is 1410. The molecule has 7 nitrogen and oxygen atoms in total. The van der Waals surface area contributed by atoms with Crippen LogP contribution >= 0.6 is 24.0 Å². The predicted molar refractivity (Wildman–Crippen MR) is 149 cm³/mol. The summed E-state index contributed by atoms with van der Waals surface area (Å²) in [4.78, 5) is 36.1. The molecule has 2 aromatic heterocycles. The zero-order chi connectivity index (χ0) is 25.2. The van der Waals surface area contributed by atoms with Crippen molar-refractivity contribution in [3.63, 3.8) is 0 Å². The van der Waals surface area contributed by atoms with Crippen LogP contribution in [0.25, 0.3) is 11.7 Å². The fourth-order valence-corrected chi connectivity index (χ4v) is 5.87. The number of fused-ring (bicyclic) bond motifs is 1. The van der Waals surface area contributed by atoms with E-state index in [-0.39, 0.29) is 11.5 Å². The van der Waals surface area contributed by atoms with Gasteiger partial charge in [0.15, 0.2) is 0 Å². The average molecular weight is 521 g/mol. The monoisotopic (exact) mass is 520 g/mol. The van der Waals surface area contributed by atoms with Crippen LogP contribution in [-0.4, -0.2) is 51.3 Å². The number of ether oxygens (including phenoxy) is 1. The van der Waals surface area contributed by atoms with Crippen LogP contribution in [0.15, 0.2) is 52.3 Å². The lowest BCUT2D eigenvalue weighted by Crippen LogP contribution is -2.33. The number of anilines is 1. The molecule has 5 rings (SSSR count). The number of carbonyl (C=O) groups excluding carboxylic acids is 1. The fourth-order valence-electron chi connectivity index (χ4n) is 4.58. The van der Waals surface area contributed by atoms with Crippen molar-refractivity contribution < 1.29 is 9.53 Å². The molecule has 0 unspecified atom stereocenters. The molecule has 1 amide bonds. The number of piperidine rings is 1. The van der Waals surface area contributed by atoms with Gasteiger partial charge in [0.25, 0.3) is 11.5 Å². The second-order valence-electron chi connectivity index (χ2n) is 9.07. The number of thioether (sulfide) groups is 1. The van der Waals surface area contributed by atoms with Crippen LogP contribution in [-0.2, 0) is 11.2 Å². The molecular formula is C27H28N4O3S2. The molecule has 3 aromatic rings. The van der Waals surface area contributed by atoms with E-state index in [2.05, 4.69) is 4.90 Å². The van der Waals surface area contributed by atoms with Gasteiger partial charge in [0.05, 0.1) is 17.6 Å². The summed E-state index contributed by atoms with van der Waals surface area (Å²) in [6, 6.07) is 11.6. The molecule has 0 radical (unpaired) electrons. The van der Waals surface area contributed by atoms with E-state index in [4.69, 9.17) is 21.9 Å². The molecule has 2 fully saturated rings. The van der Waals surface area contributed by atoms with E-state index < -0.39 is 0 Å². The fraction of sp³-hybridized carbons (Fsp3) is 0.333. The van der Waals surface area contributed by atoms with Crippen LogP contribution in [0.3, 0.4) is 0 Å². The highest BCUT2D eigenvalue weighted by molar-refractivity contribution is 8.26. The highest BCUT2D eigenvalue weighted by Gasteiger charge is 2.32. The van der Waals surface area contributed by atoms with E-state index >= 15 is 0 Å². The van der Waals surface area contributed by atoms with Gasteiger partial charge in [-0.25, -0.2) is 4.98 Å². The van der Waals surface area contributed by atoms with Crippen molar-refractivity contribution >= 4 is 51.7 Å². The van der Waals surface area contributed by atoms with E-state index in [9.17, 15) is 9.59 Å². The van der Waals surface area contributed by atoms with Gasteiger partial charge in [-0.1, -0.05) is 42.2 Å². The SMILES string of the molecule is COc1ccc(CCN2C(=O)C(=Cc3c(N4CCCCC4)nc4ccc(C)cn4c3=O)SC2=S)cc1. The summed E-state index contributed by atoms with van der Waals surface area (Å²) in [5.74, 6) is 1.27. The van der Waals surface area contributed by atoms with Gasteiger partial charge < -0.3 is 9.64 Å². The topological polar surface area (TPSA) is 67.2 Å². The molecule has 0 atom stereocenters. The first kappa shape index (κ1) is 24.5. The number of amides is 1. The molecule has 9 heteroatoms. The summed E-state index contributed by atoms with van der Waals surface area (Å²) in [7, 11) is 1.64. The molecule has 36 heavy (non-hydrogen) atoms. The molecule has 2 aliphatic rings. The van der Waals surface area contributed by atoms with E-state index in [1.807, 2.05) is 43.3 Å². The van der Waals surface area contributed by atoms with E-state index in [1.165, 1.54) is 18.2 Å². The van der Waals surface area contributed by atoms with E-state index in [1.54, 1.807) is 28.7 Å². The number of methoxy groups -OCH3 is 1. The third kappa shape index (κ3) is 4.90. The molecule has 0 bridgehead atoms. The van der Waals surface area contributed by atoms with Gasteiger partial charge in [0, 0.05) is 25.8 Å². The Balaban J connectivity index is 1.47. The summed E-state index contributed by atoms with van der Waals surface area (Å²) in [6.45, 7) is 4.11. The third-order valence-electron chi connectivity index (χ3n) is 6.57. The zero-order valence-electron chi connectivity index (χ0n) is 20.4. The highest BCUT2D eigenvalue weighted by Crippen LogP contribution is 2.34. The third-order valence-corrected chi connectivity index (χ3v) is 7.95. The van der Waals surface area contributed by atoms with Crippen LogP contribution in [0, 0.1) is 6.92 Å². The number of benzene rings is 1. The molecule has 186 valence electrons. The Hall–Kier alpha value is -3.17. The van der Waals surface area contributed by atoms with Crippen molar-refractivity contribution in [1.29, 1.82) is 0 Å². The maximum Gasteiger partial charge on any atom is 0.267 e. The van der Waals surface area contributed by atoms with Crippen molar-refractivity contribution in [3.05, 3.63) is 74.5 Å². The number of pyridine rings is 1. The lowest BCUT2D eigenvalue weighted by atomic mass is 10.1. The zero-order valence-corrected chi connectivity index (χ0v) is 22.0. The van der Waals surface area contributed by atoms with Gasteiger partial charge >= 0.3 is 0 Å². The maximum atomic E-state index is 13.6. The number of thiocarbonyl (C=S) groups is 1. The predicted octanol–water partition coefficient (Wildman–Crippen LogP) is 4.45. The van der Waals surface area contributed by atoms with Crippen molar-refractivity contribution in [2.24, 2.45) is 0 Å². The Morgan fingerprint density at radius 1 is 1.08 bits per heavy atom. The van der Waals surface area contributed by atoms with Crippen LogP contribution in [0.2, 0.25) is 0 Å². The first-order valence-corrected chi connectivity index (χ1v) is 13.3. The largest absolute Gasteiger partial charge is 0.497 e. The number of aromatic nitrogens is 2. The molecular weight excluding hydrogens is 492 g/mol. The van der Waals surface area contributed by atoms with Crippen molar-refractivity contribution in [2.45, 2.75) is 32.6 Å². The van der Waals surface area contributed by atoms with Crippen molar-refractivity contribution in [2.75, 3.05) is 31.6 Å². The van der Waals surface area contributed by atoms with Crippen LogP contribution < -0.4 is 15.2 Å². The number of hydrogen-bond donors (Lipinski definition) is 0. The minimum atomic E-state index is -0.173. The first-order valence-electron chi connectivity index (χ1n) is 12.1. The Morgan fingerprint density at radius 3 is 2.56 bits per heavy atom. The van der Waals surface area contributed by atoms with Crippen LogP contribution in [0.4, 0.5) is 5.82 Å². The first-order chi connectivity index (χ1) is 17.4. The number of aryl methyl sites for hydroxylation is 1. The molecule has 0 aliphatic carbocycles. The van der Waals surface area contributed by atoms with Crippen molar-refractivity contribution in [3.8, 4) is 5.75 Å². The Kier molecular flexibility index (Phi) is 7.11. The molecule has 0 spiro atoms. The van der Waals surface area contributed by atoms with E-state index in [0.717, 1.165) is 42.8 Å². The van der Waals surface area contributed by atoms with Gasteiger partial charge in [-0.3, -0.25) is 18.9 Å². The second-order valence-corrected chi connectivity index (χ2v) is 10.7.